The first-order valence-corrected chi connectivity index (χ1v) is 10.2. The Kier molecular flexibility index (Phi) is 4.13. The van der Waals surface area contributed by atoms with E-state index in [-0.39, 0.29) is 6.04 Å². The minimum absolute atomic E-state index is 0.258. The van der Waals surface area contributed by atoms with Crippen LogP contribution in [0, 0.1) is 0 Å². The van der Waals surface area contributed by atoms with Gasteiger partial charge < -0.3 is 9.47 Å². The zero-order chi connectivity index (χ0) is 18.2. The molecule has 0 aliphatic carbocycles. The van der Waals surface area contributed by atoms with Gasteiger partial charge in [-0.05, 0) is 31.9 Å². The number of fused-ring (bicyclic) bond motifs is 1. The van der Waals surface area contributed by atoms with Crippen molar-refractivity contribution in [1.29, 1.82) is 0 Å². The number of anilines is 1. The molecule has 4 aromatic rings. The fourth-order valence-corrected chi connectivity index (χ4v) is 4.75. The lowest BCUT2D eigenvalue weighted by atomic mass is 10.2. The summed E-state index contributed by atoms with van der Waals surface area (Å²) in [6.07, 6.45) is 2.25. The Balaban J connectivity index is 1.52. The van der Waals surface area contributed by atoms with Gasteiger partial charge in [-0.1, -0.05) is 42.5 Å². The molecule has 0 N–H and O–H groups in total. The summed E-state index contributed by atoms with van der Waals surface area (Å²) in [6, 6.07) is 18.8. The smallest absolute Gasteiger partial charge is 0.206 e. The van der Waals surface area contributed by atoms with E-state index < -0.39 is 0 Å². The summed E-state index contributed by atoms with van der Waals surface area (Å²) in [5.41, 5.74) is 3.35. The third-order valence-corrected chi connectivity index (χ3v) is 6.00. The summed E-state index contributed by atoms with van der Waals surface area (Å²) in [5, 5.41) is 0.992. The largest absolute Gasteiger partial charge is 0.337 e. The number of rotatable bonds is 4. The van der Waals surface area contributed by atoms with Gasteiger partial charge in [-0.3, -0.25) is 0 Å². The van der Waals surface area contributed by atoms with Crippen molar-refractivity contribution in [2.45, 2.75) is 32.4 Å². The second-order valence-electron chi connectivity index (χ2n) is 6.82. The molecule has 1 aliphatic heterocycles. The summed E-state index contributed by atoms with van der Waals surface area (Å²) in [4.78, 5) is 12.2. The fraction of sp³-hybridized carbons (Fsp3) is 0.286. The van der Waals surface area contributed by atoms with Crippen molar-refractivity contribution in [1.82, 2.24) is 18.9 Å². The van der Waals surface area contributed by atoms with Gasteiger partial charge in [0.25, 0.3) is 0 Å². The molecule has 2 aromatic carbocycles. The SMILES string of the molecule is CCn1c(C2CCCN2c2nc(-c3ccccc3)ns2)nc2ccccc21. The molecule has 6 heteroatoms. The van der Waals surface area contributed by atoms with E-state index in [4.69, 9.17) is 9.97 Å². The van der Waals surface area contributed by atoms with Crippen LogP contribution in [0.2, 0.25) is 0 Å². The van der Waals surface area contributed by atoms with E-state index >= 15 is 0 Å². The molecule has 3 heterocycles. The van der Waals surface area contributed by atoms with Crippen molar-refractivity contribution in [3.8, 4) is 11.4 Å². The van der Waals surface area contributed by atoms with Crippen molar-refractivity contribution in [2.24, 2.45) is 0 Å². The lowest BCUT2D eigenvalue weighted by Gasteiger charge is -2.23. The van der Waals surface area contributed by atoms with Crippen LogP contribution in [0.3, 0.4) is 0 Å². The summed E-state index contributed by atoms with van der Waals surface area (Å²) in [6.45, 7) is 4.11. The molecule has 1 aliphatic rings. The van der Waals surface area contributed by atoms with Crippen LogP contribution in [0.1, 0.15) is 31.6 Å². The molecule has 0 saturated carbocycles. The van der Waals surface area contributed by atoms with Crippen LogP contribution < -0.4 is 4.90 Å². The van der Waals surface area contributed by atoms with Gasteiger partial charge >= 0.3 is 0 Å². The van der Waals surface area contributed by atoms with Crippen molar-refractivity contribution in [3.05, 3.63) is 60.4 Å². The van der Waals surface area contributed by atoms with Crippen LogP contribution in [0.5, 0.6) is 0 Å². The van der Waals surface area contributed by atoms with Gasteiger partial charge in [0.2, 0.25) is 5.13 Å². The Morgan fingerprint density at radius 1 is 1.04 bits per heavy atom. The third kappa shape index (κ3) is 2.80. The molecule has 1 fully saturated rings. The molecule has 1 unspecified atom stereocenters. The quantitative estimate of drug-likeness (QED) is 0.508. The standard InChI is InChI=1S/C21H21N5S/c1-2-25-17-12-7-6-11-16(17)22-20(25)18-13-8-14-26(18)21-23-19(24-27-21)15-9-4-3-5-10-15/h3-7,9-12,18H,2,8,13-14H2,1H3. The first-order valence-electron chi connectivity index (χ1n) is 9.46. The first-order chi connectivity index (χ1) is 13.3. The summed E-state index contributed by atoms with van der Waals surface area (Å²) >= 11 is 1.49. The van der Waals surface area contributed by atoms with Gasteiger partial charge in [0.1, 0.15) is 5.82 Å². The number of para-hydroxylation sites is 2. The average Bonchev–Trinajstić information content (AvgIpc) is 3.45. The minimum atomic E-state index is 0.258. The second-order valence-corrected chi connectivity index (χ2v) is 7.55. The van der Waals surface area contributed by atoms with Crippen LogP contribution >= 0.6 is 11.5 Å². The molecule has 2 aromatic heterocycles. The van der Waals surface area contributed by atoms with E-state index in [1.165, 1.54) is 17.0 Å². The van der Waals surface area contributed by atoms with Gasteiger partial charge in [-0.15, -0.1) is 0 Å². The Bertz CT molecular complexity index is 1070. The molecule has 27 heavy (non-hydrogen) atoms. The van der Waals surface area contributed by atoms with E-state index in [0.29, 0.717) is 0 Å². The Hall–Kier alpha value is -2.73. The van der Waals surface area contributed by atoms with Crippen molar-refractivity contribution in [3.63, 3.8) is 0 Å². The zero-order valence-corrected chi connectivity index (χ0v) is 16.1. The molecular formula is C21H21N5S. The highest BCUT2D eigenvalue weighted by molar-refractivity contribution is 7.09. The van der Waals surface area contributed by atoms with Gasteiger partial charge in [-0.25, -0.2) is 4.98 Å². The van der Waals surface area contributed by atoms with Crippen molar-refractivity contribution >= 4 is 27.7 Å². The maximum Gasteiger partial charge on any atom is 0.206 e. The van der Waals surface area contributed by atoms with Gasteiger partial charge in [0, 0.05) is 30.2 Å². The topological polar surface area (TPSA) is 46.8 Å². The minimum Gasteiger partial charge on any atom is -0.337 e. The van der Waals surface area contributed by atoms with E-state index in [0.717, 1.165) is 53.8 Å². The second kappa shape index (κ2) is 6.78. The Morgan fingerprint density at radius 3 is 2.70 bits per heavy atom. The van der Waals surface area contributed by atoms with E-state index in [1.54, 1.807) is 0 Å². The molecule has 0 radical (unpaired) electrons. The summed E-state index contributed by atoms with van der Waals surface area (Å²) < 4.78 is 6.95. The number of aromatic nitrogens is 4. The highest BCUT2D eigenvalue weighted by Crippen LogP contribution is 2.38. The lowest BCUT2D eigenvalue weighted by Crippen LogP contribution is -2.25. The van der Waals surface area contributed by atoms with Crippen molar-refractivity contribution < 1.29 is 0 Å². The van der Waals surface area contributed by atoms with Gasteiger partial charge in [-0.2, -0.15) is 9.36 Å². The number of hydrogen-bond donors (Lipinski definition) is 0. The number of hydrogen-bond acceptors (Lipinski definition) is 5. The Labute approximate surface area is 162 Å². The number of benzene rings is 2. The van der Waals surface area contributed by atoms with Crippen LogP contribution in [-0.2, 0) is 6.54 Å². The molecule has 1 saturated heterocycles. The third-order valence-electron chi connectivity index (χ3n) is 5.24. The van der Waals surface area contributed by atoms with E-state index in [2.05, 4.69) is 57.2 Å². The number of imidazole rings is 1. The van der Waals surface area contributed by atoms with Gasteiger partial charge in [0.05, 0.1) is 17.1 Å². The zero-order valence-electron chi connectivity index (χ0n) is 15.2. The Morgan fingerprint density at radius 2 is 1.85 bits per heavy atom. The average molecular weight is 376 g/mol. The molecule has 0 spiro atoms. The normalized spacial score (nSPS) is 17.1. The van der Waals surface area contributed by atoms with E-state index in [9.17, 15) is 0 Å². The predicted octanol–water partition coefficient (Wildman–Crippen LogP) is 4.92. The van der Waals surface area contributed by atoms with Crippen LogP contribution in [0.15, 0.2) is 54.6 Å². The summed E-state index contributed by atoms with van der Waals surface area (Å²) in [5.74, 6) is 1.96. The number of nitrogens with zero attached hydrogens (tertiary/aromatic N) is 5. The maximum atomic E-state index is 4.98. The maximum absolute atomic E-state index is 4.98. The van der Waals surface area contributed by atoms with E-state index in [1.807, 2.05) is 18.2 Å². The first kappa shape index (κ1) is 16.4. The summed E-state index contributed by atoms with van der Waals surface area (Å²) in [7, 11) is 0. The molecule has 1 atom stereocenters. The molecule has 5 rings (SSSR count). The number of aryl methyl sites for hydroxylation is 1. The monoisotopic (exact) mass is 375 g/mol. The van der Waals surface area contributed by atoms with Crippen LogP contribution in [0.4, 0.5) is 5.13 Å². The van der Waals surface area contributed by atoms with Gasteiger partial charge in [0.15, 0.2) is 5.82 Å². The van der Waals surface area contributed by atoms with Crippen molar-refractivity contribution in [2.75, 3.05) is 11.4 Å². The molecule has 136 valence electrons. The lowest BCUT2D eigenvalue weighted by molar-refractivity contribution is 0.608. The fourth-order valence-electron chi connectivity index (χ4n) is 3.98. The molecule has 5 nitrogen and oxygen atoms in total. The highest BCUT2D eigenvalue weighted by Gasteiger charge is 2.32. The molecule has 0 amide bonds. The molecular weight excluding hydrogens is 354 g/mol. The molecule has 0 bridgehead atoms. The van der Waals surface area contributed by atoms with Crippen LogP contribution in [-0.4, -0.2) is 25.5 Å². The van der Waals surface area contributed by atoms with Crippen LogP contribution in [0.25, 0.3) is 22.4 Å². The highest BCUT2D eigenvalue weighted by atomic mass is 32.1. The predicted molar refractivity (Wildman–Crippen MR) is 110 cm³/mol.